The van der Waals surface area contributed by atoms with Crippen LogP contribution in [-0.4, -0.2) is 41.9 Å². The maximum atomic E-state index is 12.1. The standard InChI is InChI=1S/C13H19NO5S/c1-17-7-2-6-14-20(15,16)11-4-5-12-13(10-11)19-9-3-8-18-12/h4-5,10,14H,2-3,6-9H2,1H3. The quantitative estimate of drug-likeness (QED) is 0.798. The van der Waals surface area contributed by atoms with Crippen LogP contribution in [0.4, 0.5) is 0 Å². The van der Waals surface area contributed by atoms with Crippen LogP contribution in [0.1, 0.15) is 12.8 Å². The van der Waals surface area contributed by atoms with Gasteiger partial charge in [-0.05, 0) is 18.6 Å². The highest BCUT2D eigenvalue weighted by Gasteiger charge is 2.18. The number of nitrogens with one attached hydrogen (secondary N) is 1. The number of ether oxygens (including phenoxy) is 3. The Morgan fingerprint density at radius 3 is 2.75 bits per heavy atom. The third-order valence-corrected chi connectivity index (χ3v) is 4.31. The fraction of sp³-hybridized carbons (Fsp3) is 0.538. The van der Waals surface area contributed by atoms with Crippen molar-refractivity contribution in [2.45, 2.75) is 17.7 Å². The molecule has 0 fully saturated rings. The molecule has 0 unspecified atom stereocenters. The summed E-state index contributed by atoms with van der Waals surface area (Å²) in [5.41, 5.74) is 0. The number of rotatable bonds is 6. The highest BCUT2D eigenvalue weighted by Crippen LogP contribution is 2.31. The first-order valence-corrected chi connectivity index (χ1v) is 8.00. The summed E-state index contributed by atoms with van der Waals surface area (Å²) in [5.74, 6) is 1.06. The summed E-state index contributed by atoms with van der Waals surface area (Å²) in [6.45, 7) is 1.96. The van der Waals surface area contributed by atoms with Crippen LogP contribution in [0.5, 0.6) is 11.5 Å². The van der Waals surface area contributed by atoms with Crippen molar-refractivity contribution < 1.29 is 22.6 Å². The van der Waals surface area contributed by atoms with Gasteiger partial charge in [0.05, 0.1) is 18.1 Å². The van der Waals surface area contributed by atoms with Gasteiger partial charge in [-0.25, -0.2) is 13.1 Å². The summed E-state index contributed by atoms with van der Waals surface area (Å²) in [7, 11) is -1.95. The maximum Gasteiger partial charge on any atom is 0.240 e. The topological polar surface area (TPSA) is 73.9 Å². The highest BCUT2D eigenvalue weighted by molar-refractivity contribution is 7.89. The summed E-state index contributed by atoms with van der Waals surface area (Å²) in [6.07, 6.45) is 1.41. The van der Waals surface area contributed by atoms with Crippen molar-refractivity contribution >= 4 is 10.0 Å². The number of hydrogen-bond donors (Lipinski definition) is 1. The second kappa shape index (κ2) is 6.92. The summed E-state index contributed by atoms with van der Waals surface area (Å²) in [5, 5.41) is 0. The van der Waals surface area contributed by atoms with E-state index < -0.39 is 10.0 Å². The average Bonchev–Trinajstić information content (AvgIpc) is 2.68. The van der Waals surface area contributed by atoms with Crippen molar-refractivity contribution in [1.29, 1.82) is 0 Å². The molecule has 0 aromatic heterocycles. The van der Waals surface area contributed by atoms with E-state index in [1.165, 1.54) is 12.1 Å². The molecule has 1 aliphatic rings. The Bertz CT molecular complexity index is 544. The Labute approximate surface area is 119 Å². The molecule has 0 aliphatic carbocycles. The van der Waals surface area contributed by atoms with Gasteiger partial charge in [0.1, 0.15) is 0 Å². The van der Waals surface area contributed by atoms with Gasteiger partial charge < -0.3 is 14.2 Å². The molecule has 0 atom stereocenters. The first-order valence-electron chi connectivity index (χ1n) is 6.52. The first-order chi connectivity index (χ1) is 9.63. The van der Waals surface area contributed by atoms with Crippen LogP contribution in [0.2, 0.25) is 0 Å². The molecule has 1 heterocycles. The average molecular weight is 301 g/mol. The molecule has 0 saturated heterocycles. The Kier molecular flexibility index (Phi) is 5.22. The van der Waals surface area contributed by atoms with E-state index in [1.54, 1.807) is 13.2 Å². The zero-order valence-electron chi connectivity index (χ0n) is 11.4. The summed E-state index contributed by atoms with van der Waals surface area (Å²) >= 11 is 0. The zero-order chi connectivity index (χ0) is 14.4. The van der Waals surface area contributed by atoms with Crippen LogP contribution in [0.3, 0.4) is 0 Å². The van der Waals surface area contributed by atoms with Gasteiger partial charge in [-0.3, -0.25) is 0 Å². The predicted octanol–water partition coefficient (Wildman–Crippen LogP) is 1.16. The SMILES string of the molecule is COCCCNS(=O)(=O)c1ccc2c(c1)OCCCO2. The molecule has 1 aliphatic heterocycles. The van der Waals surface area contributed by atoms with Crippen molar-refractivity contribution in [3.8, 4) is 11.5 Å². The molecule has 112 valence electrons. The molecule has 20 heavy (non-hydrogen) atoms. The van der Waals surface area contributed by atoms with Crippen molar-refractivity contribution in [3.05, 3.63) is 18.2 Å². The number of fused-ring (bicyclic) bond motifs is 1. The van der Waals surface area contributed by atoms with Crippen LogP contribution in [0.15, 0.2) is 23.1 Å². The molecule has 2 rings (SSSR count). The number of sulfonamides is 1. The van der Waals surface area contributed by atoms with Crippen LogP contribution in [0.25, 0.3) is 0 Å². The molecule has 6 nitrogen and oxygen atoms in total. The molecular formula is C13H19NO5S. The minimum Gasteiger partial charge on any atom is -0.490 e. The number of benzene rings is 1. The number of methoxy groups -OCH3 is 1. The second-order valence-electron chi connectivity index (χ2n) is 4.40. The van der Waals surface area contributed by atoms with E-state index in [1.807, 2.05) is 0 Å². The lowest BCUT2D eigenvalue weighted by molar-refractivity contribution is 0.196. The van der Waals surface area contributed by atoms with Gasteiger partial charge in [0.15, 0.2) is 11.5 Å². The van der Waals surface area contributed by atoms with Crippen LogP contribution in [-0.2, 0) is 14.8 Å². The van der Waals surface area contributed by atoms with E-state index in [0.717, 1.165) is 6.42 Å². The summed E-state index contributed by atoms with van der Waals surface area (Å²) in [4.78, 5) is 0.180. The maximum absolute atomic E-state index is 12.1. The third kappa shape index (κ3) is 3.84. The highest BCUT2D eigenvalue weighted by atomic mass is 32.2. The van der Waals surface area contributed by atoms with Gasteiger partial charge in [0.25, 0.3) is 0 Å². The Morgan fingerprint density at radius 2 is 2.00 bits per heavy atom. The predicted molar refractivity (Wildman–Crippen MR) is 73.7 cm³/mol. The lowest BCUT2D eigenvalue weighted by Crippen LogP contribution is -2.25. The number of hydrogen-bond acceptors (Lipinski definition) is 5. The van der Waals surface area contributed by atoms with E-state index in [2.05, 4.69) is 4.72 Å². The van der Waals surface area contributed by atoms with Gasteiger partial charge in [0.2, 0.25) is 10.0 Å². The molecule has 1 aromatic carbocycles. The van der Waals surface area contributed by atoms with E-state index >= 15 is 0 Å². The van der Waals surface area contributed by atoms with Crippen LogP contribution < -0.4 is 14.2 Å². The van der Waals surface area contributed by atoms with E-state index in [4.69, 9.17) is 14.2 Å². The molecule has 1 aromatic rings. The van der Waals surface area contributed by atoms with E-state index in [-0.39, 0.29) is 4.90 Å². The van der Waals surface area contributed by atoms with Crippen molar-refractivity contribution in [2.24, 2.45) is 0 Å². The van der Waals surface area contributed by atoms with Crippen LogP contribution in [0, 0.1) is 0 Å². The largest absolute Gasteiger partial charge is 0.490 e. The fourth-order valence-electron chi connectivity index (χ4n) is 1.82. The molecule has 0 amide bonds. The molecule has 0 bridgehead atoms. The monoisotopic (exact) mass is 301 g/mol. The lowest BCUT2D eigenvalue weighted by Gasteiger charge is -2.10. The van der Waals surface area contributed by atoms with Crippen molar-refractivity contribution in [1.82, 2.24) is 4.72 Å². The van der Waals surface area contributed by atoms with Crippen molar-refractivity contribution in [2.75, 3.05) is 33.5 Å². The molecule has 1 N–H and O–H groups in total. The third-order valence-electron chi connectivity index (χ3n) is 2.85. The smallest absolute Gasteiger partial charge is 0.240 e. The van der Waals surface area contributed by atoms with Gasteiger partial charge >= 0.3 is 0 Å². The normalized spacial score (nSPS) is 14.8. The fourth-order valence-corrected chi connectivity index (χ4v) is 2.91. The Morgan fingerprint density at radius 1 is 1.25 bits per heavy atom. The van der Waals surface area contributed by atoms with Crippen LogP contribution >= 0.6 is 0 Å². The lowest BCUT2D eigenvalue weighted by atomic mass is 10.3. The molecule has 0 radical (unpaired) electrons. The van der Waals surface area contributed by atoms with Crippen molar-refractivity contribution in [3.63, 3.8) is 0 Å². The Balaban J connectivity index is 2.09. The molecular weight excluding hydrogens is 282 g/mol. The Hall–Kier alpha value is -1.31. The first kappa shape index (κ1) is 15.1. The zero-order valence-corrected chi connectivity index (χ0v) is 12.2. The van der Waals surface area contributed by atoms with Gasteiger partial charge in [0, 0.05) is 32.7 Å². The molecule has 0 spiro atoms. The molecule has 0 saturated carbocycles. The minimum absolute atomic E-state index is 0.180. The second-order valence-corrected chi connectivity index (χ2v) is 6.17. The van der Waals surface area contributed by atoms with Gasteiger partial charge in [-0.1, -0.05) is 0 Å². The molecule has 7 heteroatoms. The van der Waals surface area contributed by atoms with Gasteiger partial charge in [-0.2, -0.15) is 0 Å². The summed E-state index contributed by atoms with van der Waals surface area (Å²) < 4.78 is 42.6. The van der Waals surface area contributed by atoms with E-state index in [0.29, 0.717) is 44.3 Å². The van der Waals surface area contributed by atoms with Gasteiger partial charge in [-0.15, -0.1) is 0 Å². The summed E-state index contributed by atoms with van der Waals surface area (Å²) in [6, 6.07) is 4.65. The minimum atomic E-state index is -3.53. The van der Waals surface area contributed by atoms with E-state index in [9.17, 15) is 8.42 Å².